The molecule has 110 valence electrons. The van der Waals surface area contributed by atoms with Gasteiger partial charge in [-0.25, -0.2) is 22.8 Å². The van der Waals surface area contributed by atoms with Crippen LogP contribution in [0.3, 0.4) is 0 Å². The van der Waals surface area contributed by atoms with E-state index in [0.29, 0.717) is 18.7 Å². The largest absolute Gasteiger partial charge is 0.368 e. The van der Waals surface area contributed by atoms with Gasteiger partial charge in [-0.15, -0.1) is 0 Å². The topological polar surface area (TPSA) is 89.2 Å². The predicted octanol–water partition coefficient (Wildman–Crippen LogP) is 0.945. The molecule has 0 bridgehead atoms. The number of anilines is 1. The molecular formula is C13H13FN4O2S. The van der Waals surface area contributed by atoms with Crippen LogP contribution in [0.4, 0.5) is 10.3 Å². The molecule has 0 radical (unpaired) electrons. The van der Waals surface area contributed by atoms with E-state index in [4.69, 9.17) is 5.73 Å². The summed E-state index contributed by atoms with van der Waals surface area (Å²) >= 11 is 0. The molecule has 2 aromatic rings. The molecule has 0 spiro atoms. The van der Waals surface area contributed by atoms with Crippen molar-refractivity contribution in [3.63, 3.8) is 0 Å². The van der Waals surface area contributed by atoms with Gasteiger partial charge in [-0.3, -0.25) is 0 Å². The Balaban J connectivity index is 1.95. The van der Waals surface area contributed by atoms with Crippen molar-refractivity contribution in [1.82, 2.24) is 14.3 Å². The highest BCUT2D eigenvalue weighted by atomic mass is 32.2. The van der Waals surface area contributed by atoms with Crippen LogP contribution in [0.2, 0.25) is 0 Å². The maximum absolute atomic E-state index is 13.2. The highest BCUT2D eigenvalue weighted by Gasteiger charge is 2.29. The Bertz CT molecular complexity index is 795. The predicted molar refractivity (Wildman–Crippen MR) is 74.1 cm³/mol. The number of fused-ring (bicyclic) bond motifs is 1. The van der Waals surface area contributed by atoms with Crippen molar-refractivity contribution < 1.29 is 12.8 Å². The monoisotopic (exact) mass is 308 g/mol. The van der Waals surface area contributed by atoms with Crippen molar-refractivity contribution in [2.45, 2.75) is 17.9 Å². The molecule has 21 heavy (non-hydrogen) atoms. The van der Waals surface area contributed by atoms with Crippen LogP contribution in [-0.4, -0.2) is 29.2 Å². The number of aromatic nitrogens is 2. The van der Waals surface area contributed by atoms with Gasteiger partial charge in [0.25, 0.3) is 0 Å². The number of halogens is 1. The molecule has 2 heterocycles. The fraction of sp³-hybridized carbons (Fsp3) is 0.231. The maximum atomic E-state index is 13.2. The van der Waals surface area contributed by atoms with E-state index in [0.717, 1.165) is 11.6 Å². The molecule has 6 nitrogen and oxygen atoms in total. The van der Waals surface area contributed by atoms with Crippen molar-refractivity contribution in [2.24, 2.45) is 0 Å². The Morgan fingerprint density at radius 1 is 1.33 bits per heavy atom. The second kappa shape index (κ2) is 5.05. The third-order valence-corrected chi connectivity index (χ3v) is 5.20. The second-order valence-corrected chi connectivity index (χ2v) is 6.68. The van der Waals surface area contributed by atoms with Crippen LogP contribution in [0.5, 0.6) is 0 Å². The number of hydrogen-bond donors (Lipinski definition) is 1. The van der Waals surface area contributed by atoms with Gasteiger partial charge in [0.2, 0.25) is 16.0 Å². The first-order chi connectivity index (χ1) is 9.96. The lowest BCUT2D eigenvalue weighted by molar-refractivity contribution is 0.384. The van der Waals surface area contributed by atoms with Crippen molar-refractivity contribution in [3.05, 3.63) is 47.5 Å². The lowest BCUT2D eigenvalue weighted by Crippen LogP contribution is -2.36. The van der Waals surface area contributed by atoms with E-state index in [-0.39, 0.29) is 17.4 Å². The van der Waals surface area contributed by atoms with Gasteiger partial charge in [-0.2, -0.15) is 4.31 Å². The van der Waals surface area contributed by atoms with Crippen molar-refractivity contribution in [3.8, 4) is 0 Å². The van der Waals surface area contributed by atoms with Crippen molar-refractivity contribution in [1.29, 1.82) is 0 Å². The minimum atomic E-state index is -3.75. The standard InChI is InChI=1S/C13H13FN4O2S/c14-10-2-1-3-11(6-10)21(19,20)18-5-4-9-7-16-13(15)17-12(9)8-18/h1-3,6-7H,4-5,8H2,(H2,15,16,17). The fourth-order valence-corrected chi connectivity index (χ4v) is 3.71. The number of benzene rings is 1. The number of nitrogen functional groups attached to an aromatic ring is 1. The number of nitrogens with zero attached hydrogens (tertiary/aromatic N) is 3. The van der Waals surface area contributed by atoms with Gasteiger partial charge in [-0.1, -0.05) is 6.07 Å². The molecule has 0 aliphatic carbocycles. The smallest absolute Gasteiger partial charge is 0.243 e. The summed E-state index contributed by atoms with van der Waals surface area (Å²) < 4.78 is 39.5. The van der Waals surface area contributed by atoms with Crippen LogP contribution in [-0.2, 0) is 23.0 Å². The summed E-state index contributed by atoms with van der Waals surface area (Å²) in [6.45, 7) is 0.417. The summed E-state index contributed by atoms with van der Waals surface area (Å²) in [5.74, 6) is -0.473. The Morgan fingerprint density at radius 3 is 2.90 bits per heavy atom. The molecule has 1 aromatic carbocycles. The summed E-state index contributed by atoms with van der Waals surface area (Å²) in [6, 6.07) is 4.97. The zero-order chi connectivity index (χ0) is 15.0. The van der Waals surface area contributed by atoms with E-state index in [1.807, 2.05) is 0 Å². The lowest BCUT2D eigenvalue weighted by Gasteiger charge is -2.27. The average molecular weight is 308 g/mol. The number of hydrogen-bond acceptors (Lipinski definition) is 5. The zero-order valence-electron chi connectivity index (χ0n) is 11.0. The highest BCUT2D eigenvalue weighted by molar-refractivity contribution is 7.89. The first-order valence-electron chi connectivity index (χ1n) is 6.33. The number of nitrogens with two attached hydrogens (primary N) is 1. The van der Waals surface area contributed by atoms with Gasteiger partial charge in [0, 0.05) is 12.7 Å². The van der Waals surface area contributed by atoms with Gasteiger partial charge in [0.15, 0.2) is 0 Å². The van der Waals surface area contributed by atoms with E-state index < -0.39 is 15.8 Å². The number of rotatable bonds is 2. The molecular weight excluding hydrogens is 295 g/mol. The normalized spacial score (nSPS) is 15.7. The minimum Gasteiger partial charge on any atom is -0.368 e. The van der Waals surface area contributed by atoms with Crippen LogP contribution >= 0.6 is 0 Å². The van der Waals surface area contributed by atoms with Crippen LogP contribution in [0.1, 0.15) is 11.3 Å². The lowest BCUT2D eigenvalue weighted by atomic mass is 10.1. The maximum Gasteiger partial charge on any atom is 0.243 e. The third-order valence-electron chi connectivity index (χ3n) is 3.36. The third kappa shape index (κ3) is 2.59. The summed E-state index contributed by atoms with van der Waals surface area (Å²) in [6.07, 6.45) is 2.12. The number of sulfonamides is 1. The van der Waals surface area contributed by atoms with E-state index in [9.17, 15) is 12.8 Å². The van der Waals surface area contributed by atoms with Crippen LogP contribution < -0.4 is 5.73 Å². The summed E-state index contributed by atoms with van der Waals surface area (Å²) in [7, 11) is -3.75. The Kier molecular flexibility index (Phi) is 3.34. The molecule has 0 unspecified atom stereocenters. The van der Waals surface area contributed by atoms with Crippen LogP contribution in [0.25, 0.3) is 0 Å². The molecule has 8 heteroatoms. The summed E-state index contributed by atoms with van der Waals surface area (Å²) in [5, 5.41) is 0. The first-order valence-corrected chi connectivity index (χ1v) is 7.77. The average Bonchev–Trinajstić information content (AvgIpc) is 2.46. The minimum absolute atomic E-state index is 0.0621. The van der Waals surface area contributed by atoms with E-state index in [2.05, 4.69) is 9.97 Å². The molecule has 1 aromatic heterocycles. The second-order valence-electron chi connectivity index (χ2n) is 4.75. The van der Waals surface area contributed by atoms with Gasteiger partial charge in [0.05, 0.1) is 17.1 Å². The van der Waals surface area contributed by atoms with E-state index in [1.54, 1.807) is 6.20 Å². The summed E-state index contributed by atoms with van der Waals surface area (Å²) in [5.41, 5.74) is 7.00. The van der Waals surface area contributed by atoms with E-state index in [1.165, 1.54) is 22.5 Å². The Hall–Kier alpha value is -2.06. The quantitative estimate of drug-likeness (QED) is 0.892. The molecule has 2 N–H and O–H groups in total. The van der Waals surface area contributed by atoms with Crippen LogP contribution in [0.15, 0.2) is 35.4 Å². The fourth-order valence-electron chi connectivity index (χ4n) is 2.28. The van der Waals surface area contributed by atoms with E-state index >= 15 is 0 Å². The van der Waals surface area contributed by atoms with Gasteiger partial charge >= 0.3 is 0 Å². The van der Waals surface area contributed by atoms with Crippen molar-refractivity contribution >= 4 is 16.0 Å². The molecule has 0 atom stereocenters. The van der Waals surface area contributed by atoms with Gasteiger partial charge in [-0.05, 0) is 30.2 Å². The Morgan fingerprint density at radius 2 is 2.14 bits per heavy atom. The zero-order valence-corrected chi connectivity index (χ0v) is 11.8. The molecule has 0 saturated heterocycles. The molecule has 0 amide bonds. The van der Waals surface area contributed by atoms with Gasteiger partial charge in [0.1, 0.15) is 5.82 Å². The van der Waals surface area contributed by atoms with Crippen LogP contribution in [0, 0.1) is 5.82 Å². The van der Waals surface area contributed by atoms with Gasteiger partial charge < -0.3 is 5.73 Å². The molecule has 1 aliphatic heterocycles. The SMILES string of the molecule is Nc1ncc2c(n1)CN(S(=O)(=O)c1cccc(F)c1)CC2. The molecule has 0 saturated carbocycles. The molecule has 1 aliphatic rings. The molecule has 3 rings (SSSR count). The molecule has 0 fully saturated rings. The highest BCUT2D eigenvalue weighted by Crippen LogP contribution is 2.24. The van der Waals surface area contributed by atoms with Crippen molar-refractivity contribution in [2.75, 3.05) is 12.3 Å². The first kappa shape index (κ1) is 13.9. The summed E-state index contributed by atoms with van der Waals surface area (Å²) in [4.78, 5) is 7.91. The Labute approximate surface area is 121 Å².